The number of carbonyl (C=O) groups excluding carboxylic acids is 1. The summed E-state index contributed by atoms with van der Waals surface area (Å²) in [5.41, 5.74) is -0.202. The first-order chi connectivity index (χ1) is 6.57. The van der Waals surface area contributed by atoms with Gasteiger partial charge in [0.15, 0.2) is 17.3 Å². The molecule has 14 heavy (non-hydrogen) atoms. The number of phenolic OH excluding ortho intramolecular Hbond substituents is 1. The fraction of sp³-hybridized carbons (Fsp3) is 0.300. The molecule has 1 N–H and O–H groups in total. The van der Waals surface area contributed by atoms with Gasteiger partial charge in [0.05, 0.1) is 12.2 Å². The fourth-order valence-electron chi connectivity index (χ4n) is 1.17. The van der Waals surface area contributed by atoms with Gasteiger partial charge in [0.2, 0.25) is 0 Å². The van der Waals surface area contributed by atoms with Crippen molar-refractivity contribution in [3.63, 3.8) is 0 Å². The molecule has 0 heterocycles. The molecule has 0 aliphatic heterocycles. The van der Waals surface area contributed by atoms with Crippen molar-refractivity contribution in [2.45, 2.75) is 13.8 Å². The number of aromatic hydroxyl groups is 1. The summed E-state index contributed by atoms with van der Waals surface area (Å²) in [5.74, 6) is -1.46. The summed E-state index contributed by atoms with van der Waals surface area (Å²) >= 11 is 0. The number of benzene rings is 1. The van der Waals surface area contributed by atoms with Crippen LogP contribution in [0.3, 0.4) is 0 Å². The Morgan fingerprint density at radius 2 is 2.21 bits per heavy atom. The van der Waals surface area contributed by atoms with Gasteiger partial charge in [-0.3, -0.25) is 4.79 Å². The summed E-state index contributed by atoms with van der Waals surface area (Å²) in [7, 11) is 0. The van der Waals surface area contributed by atoms with Crippen molar-refractivity contribution in [3.05, 3.63) is 23.5 Å². The molecule has 1 aromatic rings. The maximum atomic E-state index is 13.2. The Balaban J connectivity index is 3.33. The number of carbonyl (C=O) groups is 1. The third-order valence-electron chi connectivity index (χ3n) is 1.73. The van der Waals surface area contributed by atoms with Crippen LogP contribution in [0.2, 0.25) is 0 Å². The second-order valence-electron chi connectivity index (χ2n) is 2.76. The standard InChI is InChI=1S/C10H11FO3/c1-3-14-10-8(13)5-4-7(11)9(10)6(2)12/h4-5,13H,3H2,1-2H3. The van der Waals surface area contributed by atoms with Crippen LogP contribution in [0.4, 0.5) is 4.39 Å². The van der Waals surface area contributed by atoms with Gasteiger partial charge >= 0.3 is 0 Å². The first-order valence-electron chi connectivity index (χ1n) is 4.23. The van der Waals surface area contributed by atoms with Crippen molar-refractivity contribution >= 4 is 5.78 Å². The lowest BCUT2D eigenvalue weighted by Gasteiger charge is -2.10. The third-order valence-corrected chi connectivity index (χ3v) is 1.73. The van der Waals surface area contributed by atoms with E-state index in [9.17, 15) is 14.3 Å². The predicted octanol–water partition coefficient (Wildman–Crippen LogP) is 2.13. The number of rotatable bonds is 3. The van der Waals surface area contributed by atoms with Crippen molar-refractivity contribution in [1.29, 1.82) is 0 Å². The Hall–Kier alpha value is -1.58. The van der Waals surface area contributed by atoms with E-state index in [0.717, 1.165) is 12.1 Å². The van der Waals surface area contributed by atoms with E-state index in [1.165, 1.54) is 6.92 Å². The van der Waals surface area contributed by atoms with E-state index in [0.29, 0.717) is 0 Å². The van der Waals surface area contributed by atoms with Gasteiger partial charge in [0, 0.05) is 0 Å². The van der Waals surface area contributed by atoms with Crippen LogP contribution in [-0.4, -0.2) is 17.5 Å². The monoisotopic (exact) mass is 198 g/mol. The minimum atomic E-state index is -0.682. The van der Waals surface area contributed by atoms with Gasteiger partial charge in [-0.2, -0.15) is 0 Å². The smallest absolute Gasteiger partial charge is 0.174 e. The van der Waals surface area contributed by atoms with Gasteiger partial charge in [0.25, 0.3) is 0 Å². The highest BCUT2D eigenvalue weighted by Gasteiger charge is 2.17. The minimum Gasteiger partial charge on any atom is -0.504 e. The molecular formula is C10H11FO3. The SMILES string of the molecule is CCOc1c(O)ccc(F)c1C(C)=O. The molecule has 0 aliphatic rings. The molecule has 1 aromatic carbocycles. The average molecular weight is 198 g/mol. The number of ketones is 1. The number of Topliss-reactive ketones (excluding diaryl/α,β-unsaturated/α-hetero) is 1. The lowest BCUT2D eigenvalue weighted by atomic mass is 10.1. The van der Waals surface area contributed by atoms with Crippen LogP contribution in [0.1, 0.15) is 24.2 Å². The van der Waals surface area contributed by atoms with Gasteiger partial charge in [-0.1, -0.05) is 0 Å². The van der Waals surface area contributed by atoms with Crippen molar-refractivity contribution in [3.8, 4) is 11.5 Å². The van der Waals surface area contributed by atoms with Crippen LogP contribution >= 0.6 is 0 Å². The zero-order chi connectivity index (χ0) is 10.7. The van der Waals surface area contributed by atoms with E-state index in [2.05, 4.69) is 0 Å². The molecule has 0 atom stereocenters. The van der Waals surface area contributed by atoms with Crippen LogP contribution in [0.5, 0.6) is 11.5 Å². The molecule has 4 heteroatoms. The van der Waals surface area contributed by atoms with Crippen LogP contribution in [0.15, 0.2) is 12.1 Å². The molecule has 3 nitrogen and oxygen atoms in total. The normalized spacial score (nSPS) is 9.93. The number of hydrogen-bond acceptors (Lipinski definition) is 3. The van der Waals surface area contributed by atoms with Crippen LogP contribution in [0, 0.1) is 5.82 Å². The molecule has 0 unspecified atom stereocenters. The molecule has 0 fully saturated rings. The van der Waals surface area contributed by atoms with Crippen molar-refractivity contribution in [2.24, 2.45) is 0 Å². The molecule has 76 valence electrons. The molecular weight excluding hydrogens is 187 g/mol. The molecule has 0 spiro atoms. The van der Waals surface area contributed by atoms with Crippen molar-refractivity contribution in [1.82, 2.24) is 0 Å². The van der Waals surface area contributed by atoms with Crippen molar-refractivity contribution in [2.75, 3.05) is 6.61 Å². The third kappa shape index (κ3) is 1.84. The molecule has 0 amide bonds. The molecule has 0 bridgehead atoms. The molecule has 0 radical (unpaired) electrons. The Bertz CT molecular complexity index is 361. The largest absolute Gasteiger partial charge is 0.504 e. The van der Waals surface area contributed by atoms with Gasteiger partial charge in [-0.05, 0) is 26.0 Å². The summed E-state index contributed by atoms with van der Waals surface area (Å²) in [6.07, 6.45) is 0. The zero-order valence-corrected chi connectivity index (χ0v) is 8.00. The number of hydrogen-bond donors (Lipinski definition) is 1. The average Bonchev–Trinajstić information content (AvgIpc) is 2.11. The van der Waals surface area contributed by atoms with E-state index in [1.807, 2.05) is 0 Å². The summed E-state index contributed by atoms with van der Waals surface area (Å²) in [4.78, 5) is 11.1. The highest BCUT2D eigenvalue weighted by molar-refractivity contribution is 5.97. The Morgan fingerprint density at radius 3 is 2.71 bits per heavy atom. The Labute approximate surface area is 81.1 Å². The van der Waals surface area contributed by atoms with E-state index in [-0.39, 0.29) is 23.7 Å². The molecule has 1 rings (SSSR count). The molecule has 0 saturated carbocycles. The summed E-state index contributed by atoms with van der Waals surface area (Å²) < 4.78 is 18.2. The maximum absolute atomic E-state index is 13.2. The minimum absolute atomic E-state index is 0.0833. The first-order valence-corrected chi connectivity index (χ1v) is 4.23. The lowest BCUT2D eigenvalue weighted by molar-refractivity contribution is 0.100. The topological polar surface area (TPSA) is 46.5 Å². The van der Waals surface area contributed by atoms with Crippen LogP contribution in [0.25, 0.3) is 0 Å². The summed E-state index contributed by atoms with van der Waals surface area (Å²) in [6, 6.07) is 2.20. The van der Waals surface area contributed by atoms with Crippen LogP contribution in [-0.2, 0) is 0 Å². The molecule has 0 aliphatic carbocycles. The van der Waals surface area contributed by atoms with Crippen LogP contribution < -0.4 is 4.74 Å². The second-order valence-corrected chi connectivity index (χ2v) is 2.76. The van der Waals surface area contributed by atoms with Gasteiger partial charge in [-0.15, -0.1) is 0 Å². The van der Waals surface area contributed by atoms with Gasteiger partial charge in [0.1, 0.15) is 5.82 Å². The summed E-state index contributed by atoms with van der Waals surface area (Å²) in [5, 5.41) is 9.35. The van der Waals surface area contributed by atoms with E-state index in [4.69, 9.17) is 4.74 Å². The summed E-state index contributed by atoms with van der Waals surface area (Å²) in [6.45, 7) is 3.17. The van der Waals surface area contributed by atoms with Gasteiger partial charge in [-0.25, -0.2) is 4.39 Å². The molecule has 0 saturated heterocycles. The molecule has 0 aromatic heterocycles. The van der Waals surface area contributed by atoms with Gasteiger partial charge < -0.3 is 9.84 Å². The maximum Gasteiger partial charge on any atom is 0.174 e. The number of ether oxygens (including phenoxy) is 1. The quantitative estimate of drug-likeness (QED) is 0.757. The Morgan fingerprint density at radius 1 is 1.57 bits per heavy atom. The number of halogens is 1. The highest BCUT2D eigenvalue weighted by Crippen LogP contribution is 2.32. The van der Waals surface area contributed by atoms with E-state index < -0.39 is 11.6 Å². The number of phenols is 1. The first kappa shape index (κ1) is 10.5. The second kappa shape index (κ2) is 4.09. The predicted molar refractivity (Wildman–Crippen MR) is 49.2 cm³/mol. The Kier molecular flexibility index (Phi) is 3.06. The van der Waals surface area contributed by atoms with Crippen molar-refractivity contribution < 1.29 is 19.0 Å². The zero-order valence-electron chi connectivity index (χ0n) is 8.00. The lowest BCUT2D eigenvalue weighted by Crippen LogP contribution is -2.03. The van der Waals surface area contributed by atoms with E-state index in [1.54, 1.807) is 6.92 Å². The van der Waals surface area contributed by atoms with E-state index >= 15 is 0 Å². The highest BCUT2D eigenvalue weighted by atomic mass is 19.1. The fourth-order valence-corrected chi connectivity index (χ4v) is 1.17.